The van der Waals surface area contributed by atoms with Gasteiger partial charge in [-0.15, -0.1) is 10.2 Å². The minimum absolute atomic E-state index is 0.213. The van der Waals surface area contributed by atoms with E-state index in [1.54, 1.807) is 24.3 Å². The summed E-state index contributed by atoms with van der Waals surface area (Å²) in [7, 11) is 0. The van der Waals surface area contributed by atoms with Crippen LogP contribution in [0, 0.1) is 0 Å². The van der Waals surface area contributed by atoms with Crippen LogP contribution in [0.5, 0.6) is 0 Å². The number of rotatable bonds is 3. The fraction of sp³-hybridized carbons (Fsp3) is 0.200. The number of amides is 1. The van der Waals surface area contributed by atoms with Gasteiger partial charge in [-0.25, -0.2) is 0 Å². The molecule has 1 saturated carbocycles. The lowest BCUT2D eigenvalue weighted by Crippen LogP contribution is -2.27. The van der Waals surface area contributed by atoms with Crippen LogP contribution in [0.25, 0.3) is 16.8 Å². The first-order valence-electron chi connectivity index (χ1n) is 7.09. The molecule has 2 heterocycles. The van der Waals surface area contributed by atoms with Crippen LogP contribution in [0.3, 0.4) is 0 Å². The minimum Gasteiger partial charge on any atom is -0.348 e. The van der Waals surface area contributed by atoms with Crippen molar-refractivity contribution >= 4 is 34.8 Å². The van der Waals surface area contributed by atoms with Gasteiger partial charge in [-0.3, -0.25) is 4.79 Å². The molecule has 116 valence electrons. The van der Waals surface area contributed by atoms with E-state index in [9.17, 15) is 4.79 Å². The Morgan fingerprint density at radius 3 is 2.78 bits per heavy atom. The molecule has 0 saturated heterocycles. The second-order valence-corrected chi connectivity index (χ2v) is 6.26. The summed E-state index contributed by atoms with van der Waals surface area (Å²) in [5, 5.41) is 16.1. The molecule has 0 atom stereocenters. The van der Waals surface area contributed by atoms with Crippen molar-refractivity contribution in [2.45, 2.75) is 18.9 Å². The van der Waals surface area contributed by atoms with Gasteiger partial charge in [0.1, 0.15) is 12.0 Å². The molecule has 0 radical (unpaired) electrons. The summed E-state index contributed by atoms with van der Waals surface area (Å²) < 4.78 is 1.47. The summed E-state index contributed by atoms with van der Waals surface area (Å²) in [4.78, 5) is 12.3. The molecule has 1 aromatic carbocycles. The summed E-state index contributed by atoms with van der Waals surface area (Å²) in [6.07, 6.45) is 3.48. The van der Waals surface area contributed by atoms with Crippen LogP contribution in [-0.4, -0.2) is 31.8 Å². The molecule has 2 aromatic heterocycles. The maximum Gasteiger partial charge on any atom is 0.271 e. The van der Waals surface area contributed by atoms with Crippen molar-refractivity contribution in [2.24, 2.45) is 0 Å². The summed E-state index contributed by atoms with van der Waals surface area (Å²) in [6.45, 7) is 0. The van der Waals surface area contributed by atoms with Gasteiger partial charge in [-0.1, -0.05) is 29.3 Å². The predicted molar refractivity (Wildman–Crippen MR) is 86.7 cm³/mol. The quantitative estimate of drug-likeness (QED) is 0.790. The number of benzene rings is 1. The molecule has 0 unspecified atom stereocenters. The molecule has 4 rings (SSSR count). The van der Waals surface area contributed by atoms with Crippen LogP contribution in [0.15, 0.2) is 30.6 Å². The summed E-state index contributed by atoms with van der Waals surface area (Å²) >= 11 is 12.2. The average molecular weight is 348 g/mol. The number of carbonyl (C=O) groups is 1. The third kappa shape index (κ3) is 2.75. The Hall–Kier alpha value is -2.18. The Morgan fingerprint density at radius 1 is 1.22 bits per heavy atom. The first-order chi connectivity index (χ1) is 11.1. The highest BCUT2D eigenvalue weighted by Gasteiger charge is 2.25. The lowest BCUT2D eigenvalue weighted by Gasteiger charge is -2.09. The molecule has 0 spiro atoms. The zero-order chi connectivity index (χ0) is 16.0. The topological polar surface area (TPSA) is 72.2 Å². The molecule has 1 N–H and O–H groups in total. The van der Waals surface area contributed by atoms with Crippen molar-refractivity contribution in [1.82, 2.24) is 25.1 Å². The first-order valence-corrected chi connectivity index (χ1v) is 7.85. The second kappa shape index (κ2) is 5.47. The Balaban J connectivity index is 1.86. The number of nitrogens with one attached hydrogen (secondary N) is 1. The van der Waals surface area contributed by atoms with E-state index in [2.05, 4.69) is 20.6 Å². The fourth-order valence-corrected chi connectivity index (χ4v) is 2.84. The van der Waals surface area contributed by atoms with Gasteiger partial charge in [0.05, 0.1) is 5.02 Å². The molecule has 0 aliphatic heterocycles. The Morgan fingerprint density at radius 2 is 2.04 bits per heavy atom. The van der Waals surface area contributed by atoms with Gasteiger partial charge in [0.2, 0.25) is 0 Å². The van der Waals surface area contributed by atoms with Gasteiger partial charge in [0, 0.05) is 22.2 Å². The van der Waals surface area contributed by atoms with Gasteiger partial charge in [-0.2, -0.15) is 9.61 Å². The molecule has 0 bridgehead atoms. The van der Waals surface area contributed by atoms with Gasteiger partial charge in [-0.05, 0) is 31.0 Å². The summed E-state index contributed by atoms with van der Waals surface area (Å²) in [5.41, 5.74) is 2.22. The third-order valence-corrected chi connectivity index (χ3v) is 4.18. The zero-order valence-electron chi connectivity index (χ0n) is 11.8. The van der Waals surface area contributed by atoms with E-state index >= 15 is 0 Å². The lowest BCUT2D eigenvalue weighted by atomic mass is 10.1. The minimum atomic E-state index is -0.213. The average Bonchev–Trinajstić information content (AvgIpc) is 3.20. The molecular weight excluding hydrogens is 337 g/mol. The Kier molecular flexibility index (Phi) is 3.43. The van der Waals surface area contributed by atoms with Crippen LogP contribution >= 0.6 is 23.2 Å². The van der Waals surface area contributed by atoms with E-state index in [1.165, 1.54) is 10.8 Å². The van der Waals surface area contributed by atoms with Crippen molar-refractivity contribution < 1.29 is 4.79 Å². The van der Waals surface area contributed by atoms with E-state index in [0.717, 1.165) is 18.4 Å². The van der Waals surface area contributed by atoms with Crippen molar-refractivity contribution in [3.63, 3.8) is 0 Å². The van der Waals surface area contributed by atoms with Gasteiger partial charge in [0.25, 0.3) is 5.91 Å². The van der Waals surface area contributed by atoms with E-state index in [1.807, 2.05) is 0 Å². The predicted octanol–water partition coefficient (Wildman–Crippen LogP) is 2.99. The number of nitrogens with zero attached hydrogens (tertiary/aromatic N) is 4. The van der Waals surface area contributed by atoms with Crippen LogP contribution < -0.4 is 5.32 Å². The SMILES string of the molecule is O=C(NC1CC1)c1cc(-c2ccc(Cl)cc2Cl)c2nncn2n1. The van der Waals surface area contributed by atoms with E-state index in [4.69, 9.17) is 23.2 Å². The fourth-order valence-electron chi connectivity index (χ4n) is 2.33. The van der Waals surface area contributed by atoms with E-state index in [-0.39, 0.29) is 11.9 Å². The number of hydrogen-bond donors (Lipinski definition) is 1. The lowest BCUT2D eigenvalue weighted by molar-refractivity contribution is 0.0945. The van der Waals surface area contributed by atoms with Crippen LogP contribution in [-0.2, 0) is 0 Å². The summed E-state index contributed by atoms with van der Waals surface area (Å²) in [5.74, 6) is -0.213. The highest BCUT2D eigenvalue weighted by atomic mass is 35.5. The molecule has 1 fully saturated rings. The van der Waals surface area contributed by atoms with E-state index < -0.39 is 0 Å². The number of fused-ring (bicyclic) bond motifs is 1. The third-order valence-electron chi connectivity index (χ3n) is 3.63. The Labute approximate surface area is 141 Å². The number of halogens is 2. The van der Waals surface area contributed by atoms with Crippen LogP contribution in [0.1, 0.15) is 23.3 Å². The van der Waals surface area contributed by atoms with Crippen molar-refractivity contribution in [1.29, 1.82) is 0 Å². The van der Waals surface area contributed by atoms with Crippen molar-refractivity contribution in [3.8, 4) is 11.1 Å². The van der Waals surface area contributed by atoms with Gasteiger partial charge >= 0.3 is 0 Å². The molecule has 1 aliphatic rings. The monoisotopic (exact) mass is 347 g/mol. The van der Waals surface area contributed by atoms with Crippen LogP contribution in [0.4, 0.5) is 0 Å². The van der Waals surface area contributed by atoms with Crippen molar-refractivity contribution in [2.75, 3.05) is 0 Å². The number of aromatic nitrogens is 4. The molecule has 3 aromatic rings. The molecule has 1 amide bonds. The maximum atomic E-state index is 12.3. The van der Waals surface area contributed by atoms with Gasteiger partial charge in [0.15, 0.2) is 5.65 Å². The molecular formula is C15H11Cl2N5O. The Bertz CT molecular complexity index is 919. The maximum absolute atomic E-state index is 12.3. The molecule has 8 heteroatoms. The summed E-state index contributed by atoms with van der Waals surface area (Å²) in [6, 6.07) is 7.10. The van der Waals surface area contributed by atoms with Crippen molar-refractivity contribution in [3.05, 3.63) is 46.3 Å². The number of hydrogen-bond acceptors (Lipinski definition) is 4. The zero-order valence-corrected chi connectivity index (χ0v) is 13.3. The standard InChI is InChI=1S/C15H11Cl2N5O/c16-8-1-4-10(12(17)5-8)11-6-13(15(23)19-9-2-3-9)21-22-7-18-20-14(11)22/h1,4-7,9H,2-3H2,(H,19,23). The smallest absolute Gasteiger partial charge is 0.271 e. The highest BCUT2D eigenvalue weighted by Crippen LogP contribution is 2.32. The largest absolute Gasteiger partial charge is 0.348 e. The molecule has 23 heavy (non-hydrogen) atoms. The van der Waals surface area contributed by atoms with Crippen LogP contribution in [0.2, 0.25) is 10.0 Å². The number of carbonyl (C=O) groups excluding carboxylic acids is 1. The second-order valence-electron chi connectivity index (χ2n) is 5.41. The first kappa shape index (κ1) is 14.4. The molecule has 1 aliphatic carbocycles. The van der Waals surface area contributed by atoms with E-state index in [0.29, 0.717) is 26.9 Å². The molecule has 6 nitrogen and oxygen atoms in total. The normalized spacial score (nSPS) is 14.2. The highest BCUT2D eigenvalue weighted by molar-refractivity contribution is 6.36. The van der Waals surface area contributed by atoms with Gasteiger partial charge < -0.3 is 5.32 Å².